The topological polar surface area (TPSA) is 51.5 Å². The molecule has 0 unspecified atom stereocenters. The highest BCUT2D eigenvalue weighted by Gasteiger charge is 2.42. The van der Waals surface area contributed by atoms with Crippen LogP contribution in [0.3, 0.4) is 0 Å². The first-order valence-corrected chi connectivity index (χ1v) is 12.5. The van der Waals surface area contributed by atoms with Crippen molar-refractivity contribution in [2.75, 3.05) is 12.0 Å². The van der Waals surface area contributed by atoms with Gasteiger partial charge in [-0.15, -0.1) is 0 Å². The van der Waals surface area contributed by atoms with Crippen LogP contribution < -0.4 is 19.7 Å². The van der Waals surface area contributed by atoms with E-state index in [-0.39, 0.29) is 18.2 Å². The van der Waals surface area contributed by atoms with E-state index in [0.29, 0.717) is 5.11 Å². The number of benzene rings is 2. The van der Waals surface area contributed by atoms with Crippen LogP contribution in [0.5, 0.6) is 11.5 Å². The van der Waals surface area contributed by atoms with E-state index in [0.717, 1.165) is 40.0 Å². The van der Waals surface area contributed by atoms with Crippen LogP contribution in [0.2, 0.25) is 0 Å². The van der Waals surface area contributed by atoms with E-state index in [2.05, 4.69) is 63.1 Å². The maximum atomic E-state index is 5.91. The second-order valence-electron chi connectivity index (χ2n) is 9.09. The monoisotopic (exact) mass is 498 g/mol. The van der Waals surface area contributed by atoms with Crippen molar-refractivity contribution in [2.45, 2.75) is 39.0 Å². The third-order valence-corrected chi connectivity index (χ3v) is 6.64. The minimum Gasteiger partial charge on any atom is -0.497 e. The van der Waals surface area contributed by atoms with Crippen molar-refractivity contribution in [1.29, 1.82) is 0 Å². The summed E-state index contributed by atoms with van der Waals surface area (Å²) in [5.41, 5.74) is 5.24. The van der Waals surface area contributed by atoms with Gasteiger partial charge in [-0.3, -0.25) is 4.98 Å². The zero-order valence-electron chi connectivity index (χ0n) is 20.9. The number of anilines is 1. The van der Waals surface area contributed by atoms with E-state index in [1.807, 2.05) is 62.5 Å². The van der Waals surface area contributed by atoms with Crippen LogP contribution in [0, 0.1) is 6.92 Å². The van der Waals surface area contributed by atoms with E-state index in [9.17, 15) is 0 Å². The Labute approximate surface area is 217 Å². The minimum atomic E-state index is -0.128. The number of aromatic nitrogens is 2. The van der Waals surface area contributed by atoms with Gasteiger partial charge in [-0.25, -0.2) is 0 Å². The molecule has 3 heterocycles. The summed E-state index contributed by atoms with van der Waals surface area (Å²) in [6, 6.07) is 26.3. The summed E-state index contributed by atoms with van der Waals surface area (Å²) in [7, 11) is 1.68. The van der Waals surface area contributed by atoms with Gasteiger partial charge in [0.05, 0.1) is 24.9 Å². The highest BCUT2D eigenvalue weighted by molar-refractivity contribution is 7.80. The summed E-state index contributed by atoms with van der Waals surface area (Å²) in [5, 5.41) is 4.21. The molecule has 2 atom stereocenters. The van der Waals surface area contributed by atoms with Gasteiger partial charge in [0.1, 0.15) is 17.5 Å². The van der Waals surface area contributed by atoms with Gasteiger partial charge in [0.15, 0.2) is 5.11 Å². The SMILES string of the molecule is COc1ccc(-n2c(C)ccc2[C@@H]2[C@H](c3ccccn3)NC(=S)N2c2ccc(OC(C)C)cc2)cc1. The van der Waals surface area contributed by atoms with Crippen molar-refractivity contribution < 1.29 is 9.47 Å². The molecule has 0 saturated carbocycles. The summed E-state index contributed by atoms with van der Waals surface area (Å²) in [6.07, 6.45) is 1.94. The van der Waals surface area contributed by atoms with E-state index in [1.165, 1.54) is 0 Å². The van der Waals surface area contributed by atoms with Crippen LogP contribution in [0.4, 0.5) is 5.69 Å². The van der Waals surface area contributed by atoms with Crippen LogP contribution in [-0.2, 0) is 0 Å². The average Bonchev–Trinajstić information content (AvgIpc) is 3.44. The lowest BCUT2D eigenvalue weighted by atomic mass is 10.0. The van der Waals surface area contributed by atoms with Crippen LogP contribution in [0.15, 0.2) is 85.1 Å². The van der Waals surface area contributed by atoms with E-state index in [1.54, 1.807) is 7.11 Å². The lowest BCUT2D eigenvalue weighted by Crippen LogP contribution is -2.30. The molecule has 0 amide bonds. The molecule has 1 aliphatic heterocycles. The lowest BCUT2D eigenvalue weighted by Gasteiger charge is -2.29. The molecule has 0 spiro atoms. The second-order valence-corrected chi connectivity index (χ2v) is 9.48. The maximum Gasteiger partial charge on any atom is 0.174 e. The van der Waals surface area contributed by atoms with Gasteiger partial charge in [0, 0.05) is 29.0 Å². The van der Waals surface area contributed by atoms with Crippen molar-refractivity contribution in [1.82, 2.24) is 14.9 Å². The number of pyridine rings is 1. The summed E-state index contributed by atoms with van der Waals surface area (Å²) in [4.78, 5) is 6.87. The van der Waals surface area contributed by atoms with Gasteiger partial charge in [-0.1, -0.05) is 6.07 Å². The smallest absolute Gasteiger partial charge is 0.174 e. The van der Waals surface area contributed by atoms with Gasteiger partial charge >= 0.3 is 0 Å². The molecule has 2 aromatic carbocycles. The molecule has 5 rings (SSSR count). The first kappa shape index (κ1) is 23.9. The second kappa shape index (κ2) is 10.0. The van der Waals surface area contributed by atoms with Crippen molar-refractivity contribution in [2.24, 2.45) is 0 Å². The molecule has 1 aliphatic rings. The molecule has 1 N–H and O–H groups in total. The van der Waals surface area contributed by atoms with Gasteiger partial charge in [0.2, 0.25) is 0 Å². The van der Waals surface area contributed by atoms with E-state index >= 15 is 0 Å². The number of nitrogens with zero attached hydrogens (tertiary/aromatic N) is 3. The Morgan fingerprint density at radius 3 is 2.22 bits per heavy atom. The third kappa shape index (κ3) is 4.54. The summed E-state index contributed by atoms with van der Waals surface area (Å²) in [6.45, 7) is 6.17. The van der Waals surface area contributed by atoms with Gasteiger partial charge < -0.3 is 24.3 Å². The van der Waals surface area contributed by atoms with Crippen molar-refractivity contribution in [3.8, 4) is 17.2 Å². The molecule has 0 bridgehead atoms. The predicted octanol–water partition coefficient (Wildman–Crippen LogP) is 6.15. The fourth-order valence-corrected chi connectivity index (χ4v) is 5.11. The van der Waals surface area contributed by atoms with E-state index < -0.39 is 0 Å². The third-order valence-electron chi connectivity index (χ3n) is 6.32. The predicted molar refractivity (Wildman–Crippen MR) is 147 cm³/mol. The fraction of sp³-hybridized carbons (Fsp3) is 0.241. The molecule has 184 valence electrons. The van der Waals surface area contributed by atoms with Gasteiger partial charge in [-0.05, 0) is 106 Å². The largest absolute Gasteiger partial charge is 0.497 e. The normalized spacial score (nSPS) is 17.4. The Kier molecular flexibility index (Phi) is 6.65. The van der Waals surface area contributed by atoms with Gasteiger partial charge in [0.25, 0.3) is 0 Å². The molecule has 36 heavy (non-hydrogen) atoms. The first-order chi connectivity index (χ1) is 17.5. The molecule has 6 nitrogen and oxygen atoms in total. The molecule has 1 saturated heterocycles. The molecule has 0 aliphatic carbocycles. The quantitative estimate of drug-likeness (QED) is 0.308. The highest BCUT2D eigenvalue weighted by Crippen LogP contribution is 2.43. The zero-order chi connectivity index (χ0) is 25.2. The minimum absolute atomic E-state index is 0.113. The molecule has 0 radical (unpaired) electrons. The molecule has 4 aromatic rings. The maximum absolute atomic E-state index is 5.91. The average molecular weight is 499 g/mol. The Hall–Kier alpha value is -3.84. The van der Waals surface area contributed by atoms with E-state index in [4.69, 9.17) is 21.7 Å². The van der Waals surface area contributed by atoms with Crippen molar-refractivity contribution in [3.05, 3.63) is 102 Å². The number of thiocarbonyl (C=S) groups is 1. The van der Waals surface area contributed by atoms with Gasteiger partial charge in [-0.2, -0.15) is 0 Å². The van der Waals surface area contributed by atoms with Crippen molar-refractivity contribution in [3.63, 3.8) is 0 Å². The van der Waals surface area contributed by atoms with Crippen molar-refractivity contribution >= 4 is 23.0 Å². The summed E-state index contributed by atoms with van der Waals surface area (Å²) in [5.74, 6) is 1.66. The molecule has 2 aromatic heterocycles. The Bertz CT molecular complexity index is 1330. The Morgan fingerprint density at radius 1 is 0.889 bits per heavy atom. The number of ether oxygens (including phenoxy) is 2. The molecular weight excluding hydrogens is 468 g/mol. The highest BCUT2D eigenvalue weighted by atomic mass is 32.1. The number of rotatable bonds is 7. The number of hydrogen-bond acceptors (Lipinski definition) is 4. The zero-order valence-corrected chi connectivity index (χ0v) is 21.7. The molecule has 7 heteroatoms. The number of nitrogens with one attached hydrogen (secondary N) is 1. The van der Waals surface area contributed by atoms with Crippen LogP contribution in [0.25, 0.3) is 5.69 Å². The molecule has 1 fully saturated rings. The standard InChI is InChI=1S/C29H30N4O2S/c1-19(2)35-24-15-11-22(12-16-24)33-28(27(31-29(33)36)25-7-5-6-18-30-25)26-17-8-20(3)32(26)21-9-13-23(34-4)14-10-21/h5-19,27-28H,1-4H3,(H,31,36)/t27-,28+/m0/s1. The molecular formula is C29H30N4O2S. The number of hydrogen-bond donors (Lipinski definition) is 1. The summed E-state index contributed by atoms with van der Waals surface area (Å²) >= 11 is 5.91. The number of methoxy groups -OCH3 is 1. The van der Waals surface area contributed by atoms with Crippen LogP contribution in [0.1, 0.15) is 43.0 Å². The Balaban J connectivity index is 1.62. The number of aryl methyl sites for hydroxylation is 1. The lowest BCUT2D eigenvalue weighted by molar-refractivity contribution is 0.242. The first-order valence-electron chi connectivity index (χ1n) is 12.1. The van der Waals surface area contributed by atoms with Crippen LogP contribution in [-0.4, -0.2) is 27.9 Å². The van der Waals surface area contributed by atoms with Crippen LogP contribution >= 0.6 is 12.2 Å². The summed E-state index contributed by atoms with van der Waals surface area (Å²) < 4.78 is 13.5. The Morgan fingerprint density at radius 2 is 1.58 bits per heavy atom. The fourth-order valence-electron chi connectivity index (χ4n) is 4.76.